The molecule has 0 fully saturated rings. The van der Waals surface area contributed by atoms with Gasteiger partial charge in [-0.15, -0.1) is 0 Å². The zero-order chi connectivity index (χ0) is 16.2. The molecule has 0 spiro atoms. The van der Waals surface area contributed by atoms with Gasteiger partial charge in [-0.1, -0.05) is 35.9 Å². The number of hydrogen-bond donors (Lipinski definition) is 1. The van der Waals surface area contributed by atoms with Crippen molar-refractivity contribution in [2.45, 2.75) is 12.3 Å². The third-order valence-corrected chi connectivity index (χ3v) is 4.66. The van der Waals surface area contributed by atoms with Crippen LogP contribution in [0.25, 0.3) is 0 Å². The molecule has 0 bridgehead atoms. The number of ether oxygens (including phenoxy) is 1. The first-order valence-corrected chi connectivity index (χ1v) is 8.47. The van der Waals surface area contributed by atoms with E-state index in [0.29, 0.717) is 16.1 Å². The Balaban J connectivity index is 2.04. The molecule has 1 N–H and O–H groups in total. The normalized spacial score (nSPS) is 11.4. The van der Waals surface area contributed by atoms with Gasteiger partial charge in [-0.3, -0.25) is 0 Å². The molecule has 2 aromatic carbocycles. The van der Waals surface area contributed by atoms with Crippen LogP contribution in [0.4, 0.5) is 4.39 Å². The summed E-state index contributed by atoms with van der Waals surface area (Å²) in [6.07, 6.45) is 0. The van der Waals surface area contributed by atoms with Gasteiger partial charge in [-0.05, 0) is 29.3 Å². The van der Waals surface area contributed by atoms with Crippen molar-refractivity contribution in [3.63, 3.8) is 0 Å². The summed E-state index contributed by atoms with van der Waals surface area (Å²) in [7, 11) is -2.21. The molecule has 2 aromatic rings. The quantitative estimate of drug-likeness (QED) is 0.876. The predicted molar refractivity (Wildman–Crippen MR) is 83.9 cm³/mol. The number of nitrogens with one attached hydrogen (secondary N) is 1. The van der Waals surface area contributed by atoms with Crippen LogP contribution < -0.4 is 9.46 Å². The van der Waals surface area contributed by atoms with Crippen LogP contribution in [0.1, 0.15) is 11.1 Å². The molecule has 0 saturated carbocycles. The fraction of sp³-hybridized carbons (Fsp3) is 0.200. The molecule has 0 atom stereocenters. The van der Waals surface area contributed by atoms with Gasteiger partial charge in [0.25, 0.3) is 0 Å². The molecule has 0 aliphatic heterocycles. The van der Waals surface area contributed by atoms with Gasteiger partial charge in [0, 0.05) is 11.6 Å². The molecule has 2 rings (SSSR count). The Morgan fingerprint density at radius 2 is 1.95 bits per heavy atom. The minimum atomic E-state index is -3.57. The van der Waals surface area contributed by atoms with E-state index in [1.54, 1.807) is 30.3 Å². The van der Waals surface area contributed by atoms with Crippen LogP contribution in [0.2, 0.25) is 5.02 Å². The predicted octanol–water partition coefficient (Wildman–Crippen LogP) is 3.11. The first kappa shape index (κ1) is 16.7. The van der Waals surface area contributed by atoms with Gasteiger partial charge in [0.15, 0.2) is 11.6 Å². The Morgan fingerprint density at radius 3 is 2.59 bits per heavy atom. The Kier molecular flexibility index (Phi) is 5.39. The van der Waals surface area contributed by atoms with Crippen molar-refractivity contribution >= 4 is 21.6 Å². The number of rotatable bonds is 6. The molecule has 7 heteroatoms. The largest absolute Gasteiger partial charge is 0.494 e. The Bertz CT molecular complexity index is 765. The molecule has 0 saturated heterocycles. The highest BCUT2D eigenvalue weighted by molar-refractivity contribution is 7.88. The van der Waals surface area contributed by atoms with Gasteiger partial charge in [0.1, 0.15) is 0 Å². The molecule has 0 amide bonds. The maximum absolute atomic E-state index is 13.6. The smallest absolute Gasteiger partial charge is 0.216 e. The first-order valence-electron chi connectivity index (χ1n) is 6.44. The van der Waals surface area contributed by atoms with E-state index < -0.39 is 15.8 Å². The summed E-state index contributed by atoms with van der Waals surface area (Å²) in [4.78, 5) is 0. The maximum Gasteiger partial charge on any atom is 0.216 e. The summed E-state index contributed by atoms with van der Waals surface area (Å²) < 4.78 is 44.9. The van der Waals surface area contributed by atoms with E-state index in [4.69, 9.17) is 16.3 Å². The van der Waals surface area contributed by atoms with E-state index in [-0.39, 0.29) is 18.0 Å². The fourth-order valence-electron chi connectivity index (χ4n) is 1.88. The summed E-state index contributed by atoms with van der Waals surface area (Å²) in [6.45, 7) is -0.00625. The molecule has 0 aliphatic rings. The Hall–Kier alpha value is -1.63. The summed E-state index contributed by atoms with van der Waals surface area (Å²) >= 11 is 5.95. The molecular formula is C15H15ClFNO3S. The Labute approximate surface area is 133 Å². The van der Waals surface area contributed by atoms with Crippen LogP contribution in [0.5, 0.6) is 5.75 Å². The van der Waals surface area contributed by atoms with E-state index in [9.17, 15) is 12.8 Å². The minimum absolute atomic E-state index is 0.00625. The van der Waals surface area contributed by atoms with Crippen molar-refractivity contribution < 1.29 is 17.5 Å². The van der Waals surface area contributed by atoms with E-state index in [1.165, 1.54) is 19.2 Å². The van der Waals surface area contributed by atoms with Gasteiger partial charge in [0.2, 0.25) is 10.0 Å². The molecule has 4 nitrogen and oxygen atoms in total. The SMILES string of the molecule is COc1ccc(CNS(=O)(=O)Cc2ccccc2Cl)cc1F. The molecule has 0 unspecified atom stereocenters. The minimum Gasteiger partial charge on any atom is -0.494 e. The average molecular weight is 344 g/mol. The van der Waals surface area contributed by atoms with Crippen LogP contribution >= 0.6 is 11.6 Å². The second-order valence-electron chi connectivity index (χ2n) is 4.64. The van der Waals surface area contributed by atoms with E-state index in [2.05, 4.69) is 4.72 Å². The monoisotopic (exact) mass is 343 g/mol. The zero-order valence-electron chi connectivity index (χ0n) is 11.8. The summed E-state index contributed by atoms with van der Waals surface area (Å²) in [5, 5.41) is 0.392. The standard InChI is InChI=1S/C15H15ClFNO3S/c1-21-15-7-6-11(8-14(15)17)9-18-22(19,20)10-12-4-2-3-5-13(12)16/h2-8,18H,9-10H2,1H3. The maximum atomic E-state index is 13.6. The summed E-state index contributed by atoms with van der Waals surface area (Å²) in [6, 6.07) is 11.0. The van der Waals surface area contributed by atoms with Crippen molar-refractivity contribution in [3.05, 3.63) is 64.4 Å². The topological polar surface area (TPSA) is 55.4 Å². The van der Waals surface area contributed by atoms with Crippen LogP contribution in [-0.2, 0) is 22.3 Å². The third kappa shape index (κ3) is 4.43. The molecule has 118 valence electrons. The van der Waals surface area contributed by atoms with Crippen LogP contribution in [0.15, 0.2) is 42.5 Å². The lowest BCUT2D eigenvalue weighted by atomic mass is 10.2. The molecule has 0 heterocycles. The summed E-state index contributed by atoms with van der Waals surface area (Å²) in [5.74, 6) is -0.654. The molecule has 0 aliphatic carbocycles. The highest BCUT2D eigenvalue weighted by Gasteiger charge is 2.14. The van der Waals surface area contributed by atoms with Crippen molar-refractivity contribution in [1.29, 1.82) is 0 Å². The van der Waals surface area contributed by atoms with Crippen molar-refractivity contribution in [1.82, 2.24) is 4.72 Å². The second kappa shape index (κ2) is 7.09. The second-order valence-corrected chi connectivity index (χ2v) is 6.85. The Morgan fingerprint density at radius 1 is 1.23 bits per heavy atom. The number of halogens is 2. The van der Waals surface area contributed by atoms with Crippen LogP contribution in [0, 0.1) is 5.82 Å². The number of sulfonamides is 1. The molecular weight excluding hydrogens is 329 g/mol. The van der Waals surface area contributed by atoms with Gasteiger partial charge >= 0.3 is 0 Å². The van der Waals surface area contributed by atoms with Gasteiger partial charge in [0.05, 0.1) is 12.9 Å². The van der Waals surface area contributed by atoms with Crippen molar-refractivity contribution in [2.75, 3.05) is 7.11 Å². The van der Waals surface area contributed by atoms with Gasteiger partial charge in [-0.25, -0.2) is 17.5 Å². The van der Waals surface area contributed by atoms with E-state index >= 15 is 0 Å². The lowest BCUT2D eigenvalue weighted by Crippen LogP contribution is -2.24. The van der Waals surface area contributed by atoms with E-state index in [0.717, 1.165) is 0 Å². The summed E-state index contributed by atoms with van der Waals surface area (Å²) in [5.41, 5.74) is 1.01. The number of hydrogen-bond acceptors (Lipinski definition) is 3. The van der Waals surface area contributed by atoms with Gasteiger partial charge in [-0.2, -0.15) is 0 Å². The molecule has 0 radical (unpaired) electrons. The number of methoxy groups -OCH3 is 1. The molecule has 0 aromatic heterocycles. The van der Waals surface area contributed by atoms with E-state index in [1.807, 2.05) is 0 Å². The average Bonchev–Trinajstić information content (AvgIpc) is 2.48. The van der Waals surface area contributed by atoms with Crippen LogP contribution in [-0.4, -0.2) is 15.5 Å². The lowest BCUT2D eigenvalue weighted by molar-refractivity contribution is 0.386. The van der Waals surface area contributed by atoms with Crippen molar-refractivity contribution in [2.24, 2.45) is 0 Å². The first-order chi connectivity index (χ1) is 10.4. The third-order valence-electron chi connectivity index (χ3n) is 3.02. The van der Waals surface area contributed by atoms with Crippen LogP contribution in [0.3, 0.4) is 0 Å². The number of benzene rings is 2. The zero-order valence-corrected chi connectivity index (χ0v) is 13.4. The highest BCUT2D eigenvalue weighted by Crippen LogP contribution is 2.19. The fourth-order valence-corrected chi connectivity index (χ4v) is 3.32. The van der Waals surface area contributed by atoms with Gasteiger partial charge < -0.3 is 4.74 Å². The highest BCUT2D eigenvalue weighted by atomic mass is 35.5. The van der Waals surface area contributed by atoms with Crippen molar-refractivity contribution in [3.8, 4) is 5.75 Å². The molecule has 22 heavy (non-hydrogen) atoms. The lowest BCUT2D eigenvalue weighted by Gasteiger charge is -2.09.